The van der Waals surface area contributed by atoms with Gasteiger partial charge in [-0.05, 0) is 17.8 Å². The molecule has 0 aromatic rings. The van der Waals surface area contributed by atoms with Gasteiger partial charge in [-0.1, -0.05) is 27.7 Å². The third-order valence-electron chi connectivity index (χ3n) is 4.06. The molecule has 2 heterocycles. The topological polar surface area (TPSA) is 58.4 Å². The summed E-state index contributed by atoms with van der Waals surface area (Å²) in [7, 11) is 0. The second kappa shape index (κ2) is 4.25. The van der Waals surface area contributed by atoms with Gasteiger partial charge in [0.05, 0.1) is 6.04 Å². The lowest BCUT2D eigenvalue weighted by molar-refractivity contribution is -0.134. The summed E-state index contributed by atoms with van der Waals surface area (Å²) in [4.78, 5) is 14.3. The Morgan fingerprint density at radius 1 is 1.53 bits per heavy atom. The van der Waals surface area contributed by atoms with Crippen LogP contribution in [-0.4, -0.2) is 42.0 Å². The van der Waals surface area contributed by atoms with Crippen LogP contribution in [0, 0.1) is 11.3 Å². The van der Waals surface area contributed by atoms with Crippen molar-refractivity contribution in [1.82, 2.24) is 10.2 Å². The maximum Gasteiger partial charge on any atom is 0.239 e. The van der Waals surface area contributed by atoms with Crippen LogP contribution in [-0.2, 0) is 4.79 Å². The molecule has 1 amide bonds. The molecule has 0 spiro atoms. The van der Waals surface area contributed by atoms with E-state index in [9.17, 15) is 4.79 Å². The van der Waals surface area contributed by atoms with Crippen molar-refractivity contribution in [3.8, 4) is 0 Å². The largest absolute Gasteiger partial charge is 0.335 e. The summed E-state index contributed by atoms with van der Waals surface area (Å²) in [6, 6.07) is 0.492. The molecule has 2 fully saturated rings. The molecule has 4 nitrogen and oxygen atoms in total. The third-order valence-corrected chi connectivity index (χ3v) is 4.06. The van der Waals surface area contributed by atoms with E-state index < -0.39 is 0 Å². The number of hydrogen-bond acceptors (Lipinski definition) is 3. The third kappa shape index (κ3) is 2.47. The minimum atomic E-state index is -0.346. The Morgan fingerprint density at radius 2 is 2.18 bits per heavy atom. The van der Waals surface area contributed by atoms with Gasteiger partial charge in [-0.3, -0.25) is 4.79 Å². The highest BCUT2D eigenvalue weighted by Crippen LogP contribution is 2.30. The number of carbonyl (C=O) groups is 1. The van der Waals surface area contributed by atoms with E-state index in [0.29, 0.717) is 18.0 Å². The van der Waals surface area contributed by atoms with E-state index in [1.807, 2.05) is 4.90 Å². The molecule has 4 heteroatoms. The summed E-state index contributed by atoms with van der Waals surface area (Å²) in [5.41, 5.74) is 6.16. The predicted octanol–water partition coefficient (Wildman–Crippen LogP) is 0.569. The number of nitrogens with two attached hydrogens (primary N) is 1. The van der Waals surface area contributed by atoms with E-state index in [4.69, 9.17) is 5.73 Å². The molecule has 4 unspecified atom stereocenters. The van der Waals surface area contributed by atoms with E-state index in [-0.39, 0.29) is 17.4 Å². The van der Waals surface area contributed by atoms with Gasteiger partial charge >= 0.3 is 0 Å². The lowest BCUT2D eigenvalue weighted by atomic mass is 9.88. The first kappa shape index (κ1) is 12.8. The van der Waals surface area contributed by atoms with Crippen molar-refractivity contribution >= 4 is 5.91 Å². The predicted molar refractivity (Wildman–Crippen MR) is 68.5 cm³/mol. The van der Waals surface area contributed by atoms with Crippen LogP contribution in [0.2, 0.25) is 0 Å². The second-order valence-corrected chi connectivity index (χ2v) is 6.80. The number of nitrogens with one attached hydrogen (secondary N) is 1. The highest BCUT2D eigenvalue weighted by molar-refractivity contribution is 5.82. The SMILES string of the molecule is CC1C2CN(C(=O)C(N)CC(C)(C)C)C1CN2. The maximum absolute atomic E-state index is 12.3. The van der Waals surface area contributed by atoms with Gasteiger partial charge in [0.15, 0.2) is 0 Å². The molecule has 2 aliphatic rings. The molecule has 2 aliphatic heterocycles. The van der Waals surface area contributed by atoms with Crippen molar-refractivity contribution in [2.75, 3.05) is 13.1 Å². The number of likely N-dealkylation sites (tertiary alicyclic amines) is 1. The van der Waals surface area contributed by atoms with Crippen LogP contribution < -0.4 is 11.1 Å². The van der Waals surface area contributed by atoms with Crippen LogP contribution in [0.5, 0.6) is 0 Å². The van der Waals surface area contributed by atoms with Crippen LogP contribution in [0.25, 0.3) is 0 Å². The highest BCUT2D eigenvalue weighted by atomic mass is 16.2. The molecule has 2 bridgehead atoms. The minimum absolute atomic E-state index is 0.109. The molecule has 0 aromatic carbocycles. The number of piperazine rings is 1. The van der Waals surface area contributed by atoms with E-state index in [2.05, 4.69) is 33.0 Å². The molecule has 0 aliphatic carbocycles. The average Bonchev–Trinajstić information content (AvgIpc) is 2.70. The summed E-state index contributed by atoms with van der Waals surface area (Å²) in [6.45, 7) is 10.4. The van der Waals surface area contributed by atoms with Gasteiger partial charge < -0.3 is 16.0 Å². The van der Waals surface area contributed by atoms with E-state index >= 15 is 0 Å². The van der Waals surface area contributed by atoms with Crippen molar-refractivity contribution in [2.24, 2.45) is 17.1 Å². The fourth-order valence-corrected chi connectivity index (χ4v) is 3.10. The summed E-state index contributed by atoms with van der Waals surface area (Å²) >= 11 is 0. The summed E-state index contributed by atoms with van der Waals surface area (Å²) in [5.74, 6) is 0.710. The molecule has 17 heavy (non-hydrogen) atoms. The fraction of sp³-hybridized carbons (Fsp3) is 0.923. The van der Waals surface area contributed by atoms with Gasteiger partial charge in [0.2, 0.25) is 5.91 Å². The van der Waals surface area contributed by atoms with Crippen molar-refractivity contribution in [1.29, 1.82) is 0 Å². The van der Waals surface area contributed by atoms with Gasteiger partial charge in [-0.15, -0.1) is 0 Å². The quantitative estimate of drug-likeness (QED) is 0.740. The fourth-order valence-electron chi connectivity index (χ4n) is 3.10. The summed E-state index contributed by atoms with van der Waals surface area (Å²) in [5, 5.41) is 3.44. The van der Waals surface area contributed by atoms with Crippen molar-refractivity contribution < 1.29 is 4.79 Å². The first-order chi connectivity index (χ1) is 7.79. The molecule has 0 radical (unpaired) electrons. The van der Waals surface area contributed by atoms with E-state index in [1.54, 1.807) is 0 Å². The zero-order valence-corrected chi connectivity index (χ0v) is 11.4. The van der Waals surface area contributed by atoms with Crippen LogP contribution >= 0.6 is 0 Å². The normalized spacial score (nSPS) is 34.2. The van der Waals surface area contributed by atoms with E-state index in [0.717, 1.165) is 19.5 Å². The molecule has 98 valence electrons. The van der Waals surface area contributed by atoms with Gasteiger partial charge in [0, 0.05) is 25.2 Å². The molecule has 4 atom stereocenters. The molecule has 2 saturated heterocycles. The average molecular weight is 239 g/mol. The van der Waals surface area contributed by atoms with Crippen molar-refractivity contribution in [3.05, 3.63) is 0 Å². The molecule has 0 aromatic heterocycles. The molecular formula is C13H25N3O. The first-order valence-corrected chi connectivity index (χ1v) is 6.59. The van der Waals surface area contributed by atoms with Crippen molar-refractivity contribution in [3.63, 3.8) is 0 Å². The Bertz CT molecular complexity index is 310. The Hall–Kier alpha value is -0.610. The van der Waals surface area contributed by atoms with Gasteiger partial charge in [-0.25, -0.2) is 0 Å². The lowest BCUT2D eigenvalue weighted by Crippen LogP contribution is -2.52. The number of nitrogens with zero attached hydrogens (tertiary/aromatic N) is 1. The standard InChI is InChI=1S/C13H25N3O/c1-8-10-7-16(11(8)6-15-10)12(17)9(14)5-13(2,3)4/h8-11,15H,5-7,14H2,1-4H3. The van der Waals surface area contributed by atoms with Gasteiger partial charge in [-0.2, -0.15) is 0 Å². The Balaban J connectivity index is 1.97. The zero-order chi connectivity index (χ0) is 12.8. The van der Waals surface area contributed by atoms with Gasteiger partial charge in [0.1, 0.15) is 0 Å². The molecular weight excluding hydrogens is 214 g/mol. The summed E-state index contributed by atoms with van der Waals surface area (Å²) < 4.78 is 0. The number of hydrogen-bond donors (Lipinski definition) is 2. The monoisotopic (exact) mass is 239 g/mol. The van der Waals surface area contributed by atoms with Crippen LogP contribution in [0.4, 0.5) is 0 Å². The Labute approximate surface area is 104 Å². The maximum atomic E-state index is 12.3. The van der Waals surface area contributed by atoms with E-state index in [1.165, 1.54) is 0 Å². The summed E-state index contributed by atoms with van der Waals surface area (Å²) in [6.07, 6.45) is 0.752. The number of fused-ring (bicyclic) bond motifs is 2. The van der Waals surface area contributed by atoms with Crippen LogP contribution in [0.1, 0.15) is 34.1 Å². The minimum Gasteiger partial charge on any atom is -0.335 e. The zero-order valence-electron chi connectivity index (χ0n) is 11.4. The van der Waals surface area contributed by atoms with Crippen molar-refractivity contribution in [2.45, 2.75) is 52.2 Å². The van der Waals surface area contributed by atoms with Crippen LogP contribution in [0.3, 0.4) is 0 Å². The lowest BCUT2D eigenvalue weighted by Gasteiger charge is -2.32. The second-order valence-electron chi connectivity index (χ2n) is 6.80. The number of rotatable bonds is 2. The molecule has 0 saturated carbocycles. The smallest absolute Gasteiger partial charge is 0.239 e. The van der Waals surface area contributed by atoms with Gasteiger partial charge in [0.25, 0.3) is 0 Å². The van der Waals surface area contributed by atoms with Crippen LogP contribution in [0.15, 0.2) is 0 Å². The Morgan fingerprint density at radius 3 is 2.59 bits per heavy atom. The number of carbonyl (C=O) groups excluding carboxylic acids is 1. The first-order valence-electron chi connectivity index (χ1n) is 6.59. The highest BCUT2D eigenvalue weighted by Gasteiger charge is 2.47. The number of amides is 1. The molecule has 2 rings (SSSR count). The molecule has 3 N–H and O–H groups in total. The Kier molecular flexibility index (Phi) is 3.21.